The number of aliphatic carboxylic acids is 1. The second kappa shape index (κ2) is 7.98. The Bertz CT molecular complexity index is 567. The second-order valence-corrected chi connectivity index (χ2v) is 6.76. The van der Waals surface area contributed by atoms with Crippen molar-refractivity contribution in [1.29, 1.82) is 0 Å². The van der Waals surface area contributed by atoms with E-state index in [2.05, 4.69) is 39.8 Å². The van der Waals surface area contributed by atoms with Crippen LogP contribution in [-0.2, 0) is 4.79 Å². The van der Waals surface area contributed by atoms with Gasteiger partial charge in [-0.3, -0.25) is 0 Å². The van der Waals surface area contributed by atoms with Crippen LogP contribution in [0.1, 0.15) is 53.9 Å². The molecule has 1 aliphatic carbocycles. The van der Waals surface area contributed by atoms with E-state index in [1.807, 2.05) is 12.2 Å². The van der Waals surface area contributed by atoms with E-state index in [0.29, 0.717) is 0 Å². The van der Waals surface area contributed by atoms with E-state index in [1.54, 1.807) is 13.0 Å². The molecule has 1 N–H and O–H groups in total. The van der Waals surface area contributed by atoms with Gasteiger partial charge in [0.05, 0.1) is 0 Å². The minimum atomic E-state index is -0.912. The maximum absolute atomic E-state index is 10.5. The first-order valence-corrected chi connectivity index (χ1v) is 7.87. The summed E-state index contributed by atoms with van der Waals surface area (Å²) in [7, 11) is 0. The zero-order valence-electron chi connectivity index (χ0n) is 14.4. The Labute approximate surface area is 134 Å². The molecule has 1 aliphatic rings. The summed E-state index contributed by atoms with van der Waals surface area (Å²) < 4.78 is 0. The van der Waals surface area contributed by atoms with Crippen LogP contribution >= 0.6 is 0 Å². The van der Waals surface area contributed by atoms with Gasteiger partial charge in [-0.25, -0.2) is 4.79 Å². The van der Waals surface area contributed by atoms with E-state index in [9.17, 15) is 4.79 Å². The molecule has 0 amide bonds. The predicted octanol–water partition coefficient (Wildman–Crippen LogP) is 5.60. The number of carboxylic acids is 1. The number of hydrogen-bond acceptors (Lipinski definition) is 1. The highest BCUT2D eigenvalue weighted by Crippen LogP contribution is 2.40. The molecule has 120 valence electrons. The van der Waals surface area contributed by atoms with Crippen molar-refractivity contribution < 1.29 is 9.90 Å². The van der Waals surface area contributed by atoms with Crippen LogP contribution in [0.3, 0.4) is 0 Å². The summed E-state index contributed by atoms with van der Waals surface area (Å²) in [6, 6.07) is 0. The third-order valence-electron chi connectivity index (χ3n) is 4.12. The van der Waals surface area contributed by atoms with Gasteiger partial charge in [0.2, 0.25) is 0 Å². The Hall–Kier alpha value is -1.83. The Balaban J connectivity index is 2.79. The lowest BCUT2D eigenvalue weighted by atomic mass is 9.72. The van der Waals surface area contributed by atoms with Gasteiger partial charge in [0, 0.05) is 6.08 Å². The first-order chi connectivity index (χ1) is 10.2. The van der Waals surface area contributed by atoms with E-state index in [4.69, 9.17) is 5.11 Å². The molecule has 0 aliphatic heterocycles. The molecule has 0 bridgehead atoms. The highest BCUT2D eigenvalue weighted by Gasteiger charge is 2.26. The number of carbonyl (C=O) groups is 1. The van der Waals surface area contributed by atoms with Gasteiger partial charge in [-0.05, 0) is 56.6 Å². The lowest BCUT2D eigenvalue weighted by molar-refractivity contribution is -0.131. The third kappa shape index (κ3) is 5.88. The molecule has 0 atom stereocenters. The summed E-state index contributed by atoms with van der Waals surface area (Å²) in [5.41, 5.74) is 5.09. The molecule has 2 nitrogen and oxygen atoms in total. The van der Waals surface area contributed by atoms with Crippen LogP contribution in [0.2, 0.25) is 0 Å². The Kier molecular flexibility index (Phi) is 6.61. The van der Waals surface area contributed by atoms with Gasteiger partial charge in [0.25, 0.3) is 0 Å². The number of rotatable bonds is 5. The van der Waals surface area contributed by atoms with Crippen molar-refractivity contribution in [3.8, 4) is 0 Å². The van der Waals surface area contributed by atoms with Crippen molar-refractivity contribution in [2.24, 2.45) is 5.41 Å². The minimum absolute atomic E-state index is 0.260. The molecule has 0 saturated carbocycles. The van der Waals surface area contributed by atoms with E-state index in [0.717, 1.165) is 11.1 Å². The average Bonchev–Trinajstić information content (AvgIpc) is 2.36. The van der Waals surface area contributed by atoms with Crippen molar-refractivity contribution in [3.63, 3.8) is 0 Å². The molecule has 0 saturated heterocycles. The van der Waals surface area contributed by atoms with Crippen molar-refractivity contribution in [2.75, 3.05) is 0 Å². The molecule has 1 rings (SSSR count). The summed E-state index contributed by atoms with van der Waals surface area (Å²) in [5, 5.41) is 8.65. The fourth-order valence-corrected chi connectivity index (χ4v) is 2.88. The van der Waals surface area contributed by atoms with Crippen molar-refractivity contribution >= 4 is 5.97 Å². The number of hydrogen-bond donors (Lipinski definition) is 1. The molecule has 0 unspecified atom stereocenters. The van der Waals surface area contributed by atoms with Crippen molar-refractivity contribution in [3.05, 3.63) is 58.7 Å². The molecular formula is C20H28O2. The topological polar surface area (TPSA) is 37.3 Å². The maximum Gasteiger partial charge on any atom is 0.328 e. The van der Waals surface area contributed by atoms with Crippen LogP contribution in [0.5, 0.6) is 0 Å². The predicted molar refractivity (Wildman–Crippen MR) is 93.8 cm³/mol. The molecule has 0 fully saturated rings. The standard InChI is InChI=1S/C20H28O2/c1-15(8-6-9-16(2)14-19(21)22)11-12-18-17(3)10-7-13-20(18,4)5/h6,8-9,11-12,14H,7,10,13H2,1-5H3,(H,21,22)/b9-6-,12-11+,15-8-,16-14+. The number of allylic oxidation sites excluding steroid dienone is 9. The molecule has 0 aromatic rings. The first kappa shape index (κ1) is 18.2. The summed E-state index contributed by atoms with van der Waals surface area (Å²) in [6.07, 6.45) is 15.0. The summed E-state index contributed by atoms with van der Waals surface area (Å²) in [6.45, 7) is 10.7. The van der Waals surface area contributed by atoms with Crippen LogP contribution in [0.4, 0.5) is 0 Å². The fourth-order valence-electron chi connectivity index (χ4n) is 2.88. The maximum atomic E-state index is 10.5. The quantitative estimate of drug-likeness (QED) is 0.530. The van der Waals surface area contributed by atoms with E-state index >= 15 is 0 Å². The van der Waals surface area contributed by atoms with Crippen LogP contribution < -0.4 is 0 Å². The van der Waals surface area contributed by atoms with Gasteiger partial charge in [0.1, 0.15) is 0 Å². The lowest BCUT2D eigenvalue weighted by Crippen LogP contribution is -2.19. The fraction of sp³-hybridized carbons (Fsp3) is 0.450. The van der Waals surface area contributed by atoms with Crippen molar-refractivity contribution in [2.45, 2.75) is 53.9 Å². The molecule has 2 heteroatoms. The van der Waals surface area contributed by atoms with E-state index in [1.165, 1.54) is 36.5 Å². The monoisotopic (exact) mass is 300 g/mol. The normalized spacial score (nSPS) is 20.2. The molecule has 0 heterocycles. The lowest BCUT2D eigenvalue weighted by Gasteiger charge is -2.32. The van der Waals surface area contributed by atoms with Gasteiger partial charge >= 0.3 is 5.97 Å². The highest BCUT2D eigenvalue weighted by atomic mass is 16.4. The zero-order chi connectivity index (χ0) is 16.8. The summed E-state index contributed by atoms with van der Waals surface area (Å²) >= 11 is 0. The van der Waals surface area contributed by atoms with Gasteiger partial charge in [-0.15, -0.1) is 0 Å². The second-order valence-electron chi connectivity index (χ2n) is 6.76. The molecule has 22 heavy (non-hydrogen) atoms. The molecule has 0 aromatic heterocycles. The van der Waals surface area contributed by atoms with Gasteiger partial charge < -0.3 is 5.11 Å². The van der Waals surface area contributed by atoms with Gasteiger partial charge in [-0.2, -0.15) is 0 Å². The summed E-state index contributed by atoms with van der Waals surface area (Å²) in [4.78, 5) is 10.5. The van der Waals surface area contributed by atoms with Crippen LogP contribution in [0.25, 0.3) is 0 Å². The third-order valence-corrected chi connectivity index (χ3v) is 4.12. The molecule has 0 aromatic carbocycles. The highest BCUT2D eigenvalue weighted by molar-refractivity contribution is 5.81. The molecular weight excluding hydrogens is 272 g/mol. The smallest absolute Gasteiger partial charge is 0.328 e. The average molecular weight is 300 g/mol. The Morgan fingerprint density at radius 1 is 1.18 bits per heavy atom. The summed E-state index contributed by atoms with van der Waals surface area (Å²) in [5.74, 6) is -0.912. The largest absolute Gasteiger partial charge is 0.478 e. The van der Waals surface area contributed by atoms with Crippen LogP contribution in [0.15, 0.2) is 58.7 Å². The van der Waals surface area contributed by atoms with Gasteiger partial charge in [0.15, 0.2) is 0 Å². The van der Waals surface area contributed by atoms with E-state index < -0.39 is 5.97 Å². The van der Waals surface area contributed by atoms with Gasteiger partial charge in [-0.1, -0.05) is 55.4 Å². The van der Waals surface area contributed by atoms with Crippen LogP contribution in [0, 0.1) is 5.41 Å². The Morgan fingerprint density at radius 3 is 2.45 bits per heavy atom. The molecule has 0 spiro atoms. The minimum Gasteiger partial charge on any atom is -0.478 e. The van der Waals surface area contributed by atoms with Crippen molar-refractivity contribution in [1.82, 2.24) is 0 Å². The Morgan fingerprint density at radius 2 is 1.86 bits per heavy atom. The molecule has 0 radical (unpaired) electrons. The van der Waals surface area contributed by atoms with E-state index in [-0.39, 0.29) is 5.41 Å². The zero-order valence-corrected chi connectivity index (χ0v) is 14.4. The first-order valence-electron chi connectivity index (χ1n) is 7.87. The SMILES string of the molecule is CC1=C(/C=C/C(C)=C\C=C/C(C)=C/C(=O)O)C(C)(C)CCC1. The number of carboxylic acid groups (broad SMARTS) is 1. The van der Waals surface area contributed by atoms with Crippen LogP contribution in [-0.4, -0.2) is 11.1 Å².